The van der Waals surface area contributed by atoms with Gasteiger partial charge in [0.05, 0.1) is 31.3 Å². The van der Waals surface area contributed by atoms with Crippen LogP contribution >= 0.6 is 11.8 Å². The summed E-state index contributed by atoms with van der Waals surface area (Å²) in [6, 6.07) is 7.31. The Balaban J connectivity index is 2.21. The summed E-state index contributed by atoms with van der Waals surface area (Å²) in [7, 11) is 2.90. The molecule has 0 aliphatic carbocycles. The van der Waals surface area contributed by atoms with Crippen LogP contribution in [0.25, 0.3) is 0 Å². The highest BCUT2D eigenvalue weighted by Crippen LogP contribution is 2.40. The lowest BCUT2D eigenvalue weighted by atomic mass is 9.82. The molecule has 1 aliphatic heterocycles. The Morgan fingerprint density at radius 3 is 2.79 bits per heavy atom. The average Bonchev–Trinajstić information content (AvgIpc) is 2.70. The van der Waals surface area contributed by atoms with Gasteiger partial charge in [-0.2, -0.15) is 0 Å². The van der Waals surface area contributed by atoms with Gasteiger partial charge >= 0.3 is 5.97 Å². The van der Waals surface area contributed by atoms with Gasteiger partial charge in [0.2, 0.25) is 0 Å². The zero-order valence-electron chi connectivity index (χ0n) is 16.3. The molecule has 0 saturated carbocycles. The largest absolute Gasteiger partial charge is 0.497 e. The van der Waals surface area contributed by atoms with Crippen molar-refractivity contribution in [3.8, 4) is 5.75 Å². The lowest BCUT2D eigenvalue weighted by Gasteiger charge is -2.28. The molecule has 1 aromatic heterocycles. The number of carbonyl (C=O) groups is 1. The Kier molecular flexibility index (Phi) is 6.08. The number of aromatic amines is 1. The maximum atomic E-state index is 13.0. The van der Waals surface area contributed by atoms with Crippen LogP contribution in [0.2, 0.25) is 0 Å². The van der Waals surface area contributed by atoms with E-state index in [1.165, 1.54) is 18.9 Å². The Hall–Kier alpha value is -2.74. The third-order valence-electron chi connectivity index (χ3n) is 4.50. The molecule has 7 nitrogen and oxygen atoms in total. The minimum Gasteiger partial charge on any atom is -0.497 e. The minimum atomic E-state index is -0.611. The highest BCUT2D eigenvalue weighted by molar-refractivity contribution is 7.99. The van der Waals surface area contributed by atoms with E-state index in [1.54, 1.807) is 14.0 Å². The second-order valence-corrected chi connectivity index (χ2v) is 7.43. The maximum absolute atomic E-state index is 13.0. The fourth-order valence-corrected chi connectivity index (χ4v) is 3.95. The number of hydrogen-bond acceptors (Lipinski definition) is 7. The van der Waals surface area contributed by atoms with Crippen molar-refractivity contribution in [2.24, 2.45) is 0 Å². The fraction of sp³-hybridized carbons (Fsp3) is 0.350. The molecular formula is C20H23N3O4S. The Bertz CT molecular complexity index is 984. The molecule has 1 aromatic carbocycles. The molecular weight excluding hydrogens is 378 g/mol. The molecule has 1 atom stereocenters. The molecule has 0 radical (unpaired) electrons. The first kappa shape index (κ1) is 20.0. The van der Waals surface area contributed by atoms with Crippen LogP contribution in [-0.2, 0) is 9.53 Å². The molecule has 28 heavy (non-hydrogen) atoms. The van der Waals surface area contributed by atoms with Gasteiger partial charge in [-0.05, 0) is 31.0 Å². The van der Waals surface area contributed by atoms with Crippen molar-refractivity contribution in [1.29, 1.82) is 0 Å². The third kappa shape index (κ3) is 3.77. The third-order valence-corrected chi connectivity index (χ3v) is 5.58. The van der Waals surface area contributed by atoms with Crippen LogP contribution in [0.1, 0.15) is 37.3 Å². The quantitative estimate of drug-likeness (QED) is 0.436. The van der Waals surface area contributed by atoms with Gasteiger partial charge in [0.25, 0.3) is 5.56 Å². The van der Waals surface area contributed by atoms with E-state index in [4.69, 9.17) is 9.47 Å². The Labute approximate surface area is 167 Å². The average molecular weight is 401 g/mol. The first-order valence-electron chi connectivity index (χ1n) is 8.97. The first-order valence-corrected chi connectivity index (χ1v) is 9.95. The zero-order chi connectivity index (χ0) is 20.3. The highest BCUT2D eigenvalue weighted by Gasteiger charge is 2.36. The molecule has 148 valence electrons. The number of hydrogen-bond donors (Lipinski definition) is 2. The summed E-state index contributed by atoms with van der Waals surface area (Å²) >= 11 is 1.49. The van der Waals surface area contributed by atoms with Crippen molar-refractivity contribution in [2.45, 2.75) is 31.3 Å². The van der Waals surface area contributed by atoms with Gasteiger partial charge in [0.1, 0.15) is 11.6 Å². The molecule has 8 heteroatoms. The van der Waals surface area contributed by atoms with Gasteiger partial charge in [0, 0.05) is 11.4 Å². The summed E-state index contributed by atoms with van der Waals surface area (Å²) in [4.78, 5) is 33.0. The van der Waals surface area contributed by atoms with Crippen molar-refractivity contribution in [1.82, 2.24) is 9.97 Å². The van der Waals surface area contributed by atoms with Crippen molar-refractivity contribution >= 4 is 23.5 Å². The van der Waals surface area contributed by atoms with E-state index in [-0.39, 0.29) is 5.56 Å². The van der Waals surface area contributed by atoms with Crippen LogP contribution in [0.4, 0.5) is 5.82 Å². The van der Waals surface area contributed by atoms with Crippen molar-refractivity contribution < 1.29 is 14.3 Å². The van der Waals surface area contributed by atoms with Crippen LogP contribution in [0.3, 0.4) is 0 Å². The maximum Gasteiger partial charge on any atom is 0.336 e. The number of esters is 1. The summed E-state index contributed by atoms with van der Waals surface area (Å²) in [5.74, 6) is 0.843. The molecule has 0 amide bonds. The second-order valence-electron chi connectivity index (χ2n) is 6.35. The topological polar surface area (TPSA) is 93.3 Å². The monoisotopic (exact) mass is 401 g/mol. The number of methoxy groups -OCH3 is 2. The van der Waals surface area contributed by atoms with Crippen LogP contribution in [0.15, 0.2) is 45.5 Å². The number of nitrogens with zero attached hydrogens (tertiary/aromatic N) is 1. The molecule has 0 spiro atoms. The number of fused-ring (bicyclic) bond motifs is 1. The predicted molar refractivity (Wildman–Crippen MR) is 109 cm³/mol. The van der Waals surface area contributed by atoms with Gasteiger partial charge in [-0.3, -0.25) is 4.79 Å². The SMILES string of the molecule is CCCSc1nc2c(c(=O)[nH]1)C(c1cccc(OC)c1)C(C(=O)OC)=C(C)N2. The van der Waals surface area contributed by atoms with E-state index in [9.17, 15) is 9.59 Å². The van der Waals surface area contributed by atoms with Gasteiger partial charge < -0.3 is 19.8 Å². The first-order chi connectivity index (χ1) is 13.5. The lowest BCUT2D eigenvalue weighted by molar-refractivity contribution is -0.136. The standard InChI is InChI=1S/C20H23N3O4S/c1-5-9-28-20-22-17-16(18(24)23-20)15(12-7-6-8-13(10-12)26-3)14(11(2)21-17)19(25)27-4/h6-8,10,15H,5,9H2,1-4H3,(H2,21,22,23,24). The molecule has 3 rings (SSSR count). The predicted octanol–water partition coefficient (Wildman–Crippen LogP) is 3.29. The zero-order valence-corrected chi connectivity index (χ0v) is 17.1. The molecule has 2 aromatic rings. The molecule has 0 bridgehead atoms. The van der Waals surface area contributed by atoms with Crippen LogP contribution in [0, 0.1) is 0 Å². The molecule has 1 unspecified atom stereocenters. The van der Waals surface area contributed by atoms with Crippen molar-refractivity contribution in [3.63, 3.8) is 0 Å². The number of H-pyrrole nitrogens is 1. The van der Waals surface area contributed by atoms with Gasteiger partial charge in [-0.25, -0.2) is 9.78 Å². The highest BCUT2D eigenvalue weighted by atomic mass is 32.2. The van der Waals surface area contributed by atoms with Crippen LogP contribution in [-0.4, -0.2) is 35.9 Å². The molecule has 2 heterocycles. The number of rotatable bonds is 6. The molecule has 1 aliphatic rings. The molecule has 0 fully saturated rings. The van der Waals surface area contributed by atoms with E-state index >= 15 is 0 Å². The smallest absolute Gasteiger partial charge is 0.336 e. The number of thioether (sulfide) groups is 1. The number of carbonyl (C=O) groups excluding carboxylic acids is 1. The lowest BCUT2D eigenvalue weighted by Crippen LogP contribution is -2.31. The second kappa shape index (κ2) is 8.52. The van der Waals surface area contributed by atoms with E-state index in [1.807, 2.05) is 24.3 Å². The van der Waals surface area contributed by atoms with Crippen molar-refractivity contribution in [2.75, 3.05) is 25.3 Å². The summed E-state index contributed by atoms with van der Waals surface area (Å²) in [6.07, 6.45) is 0.969. The number of benzene rings is 1. The van der Waals surface area contributed by atoms with Crippen LogP contribution < -0.4 is 15.6 Å². The van der Waals surface area contributed by atoms with E-state index < -0.39 is 11.9 Å². The number of ether oxygens (including phenoxy) is 2. The number of allylic oxidation sites excluding steroid dienone is 1. The van der Waals surface area contributed by atoms with Gasteiger partial charge in [-0.1, -0.05) is 30.8 Å². The normalized spacial score (nSPS) is 15.6. The van der Waals surface area contributed by atoms with Crippen LogP contribution in [0.5, 0.6) is 5.75 Å². The summed E-state index contributed by atoms with van der Waals surface area (Å²) < 4.78 is 10.3. The Morgan fingerprint density at radius 1 is 1.32 bits per heavy atom. The van der Waals surface area contributed by atoms with Gasteiger partial charge in [-0.15, -0.1) is 0 Å². The summed E-state index contributed by atoms with van der Waals surface area (Å²) in [6.45, 7) is 3.85. The number of aromatic nitrogens is 2. The number of anilines is 1. The van der Waals surface area contributed by atoms with E-state index in [0.717, 1.165) is 17.7 Å². The number of nitrogens with one attached hydrogen (secondary N) is 2. The molecule has 0 saturated heterocycles. The minimum absolute atomic E-state index is 0.280. The fourth-order valence-electron chi connectivity index (χ4n) is 3.23. The Morgan fingerprint density at radius 2 is 2.11 bits per heavy atom. The van der Waals surface area contributed by atoms with E-state index in [2.05, 4.69) is 22.2 Å². The summed E-state index contributed by atoms with van der Waals surface area (Å²) in [5, 5.41) is 3.67. The van der Waals surface area contributed by atoms with Crippen molar-refractivity contribution in [3.05, 3.63) is 57.0 Å². The van der Waals surface area contributed by atoms with E-state index in [0.29, 0.717) is 33.6 Å². The molecule has 2 N–H and O–H groups in total. The summed E-state index contributed by atoms with van der Waals surface area (Å²) in [5.41, 5.74) is 1.85. The van der Waals surface area contributed by atoms with Gasteiger partial charge in [0.15, 0.2) is 5.16 Å².